The molecule has 1 N–H and O–H groups in total. The molecule has 34 heavy (non-hydrogen) atoms. The zero-order chi connectivity index (χ0) is 25.0. The van der Waals surface area contributed by atoms with E-state index in [2.05, 4.69) is 46.8 Å². The molecule has 0 aliphatic carbocycles. The lowest BCUT2D eigenvalue weighted by Gasteiger charge is -2.36. The molecular weight excluding hydrogens is 424 g/mol. The standard InChI is InChI=1S/C30H48O4/c1-6-7-8-9-10-13-16-20-30(5)21-19-26-25(4)28(23(2)24(3)29(26)34-30)33-22-17-14-11-12-15-18-27(31)32/h16,20H,6-15,17-19,21-22H2,1-5H3,(H,31,32). The molecule has 0 spiro atoms. The number of benzene rings is 1. The largest absolute Gasteiger partial charge is 0.493 e. The number of fused-ring (bicyclic) bond motifs is 1. The second-order valence-electron chi connectivity index (χ2n) is 10.3. The van der Waals surface area contributed by atoms with E-state index < -0.39 is 5.97 Å². The van der Waals surface area contributed by atoms with E-state index >= 15 is 0 Å². The Morgan fingerprint density at radius 3 is 2.38 bits per heavy atom. The summed E-state index contributed by atoms with van der Waals surface area (Å²) in [6, 6.07) is 0. The Kier molecular flexibility index (Phi) is 12.0. The van der Waals surface area contributed by atoms with E-state index in [0.717, 1.165) is 62.9 Å². The predicted octanol–water partition coefficient (Wildman–Crippen LogP) is 8.42. The lowest BCUT2D eigenvalue weighted by molar-refractivity contribution is -0.137. The van der Waals surface area contributed by atoms with Crippen molar-refractivity contribution in [3.05, 3.63) is 34.4 Å². The van der Waals surface area contributed by atoms with Crippen molar-refractivity contribution in [3.63, 3.8) is 0 Å². The Balaban J connectivity index is 1.90. The fourth-order valence-electron chi connectivity index (χ4n) is 4.87. The van der Waals surface area contributed by atoms with Crippen LogP contribution in [0.4, 0.5) is 0 Å². The van der Waals surface area contributed by atoms with Crippen LogP contribution >= 0.6 is 0 Å². The number of hydrogen-bond donors (Lipinski definition) is 1. The van der Waals surface area contributed by atoms with Crippen molar-refractivity contribution in [3.8, 4) is 11.5 Å². The van der Waals surface area contributed by atoms with Crippen LogP contribution in [0.15, 0.2) is 12.2 Å². The van der Waals surface area contributed by atoms with Gasteiger partial charge in [0.15, 0.2) is 0 Å². The number of carboxylic acid groups (broad SMARTS) is 1. The molecule has 0 fully saturated rings. The van der Waals surface area contributed by atoms with E-state index in [9.17, 15) is 4.79 Å². The van der Waals surface area contributed by atoms with E-state index in [1.54, 1.807) is 0 Å². The Morgan fingerprint density at radius 2 is 1.65 bits per heavy atom. The van der Waals surface area contributed by atoms with Crippen LogP contribution in [-0.4, -0.2) is 23.3 Å². The van der Waals surface area contributed by atoms with Gasteiger partial charge in [-0.25, -0.2) is 0 Å². The van der Waals surface area contributed by atoms with E-state index in [-0.39, 0.29) is 12.0 Å². The zero-order valence-electron chi connectivity index (χ0n) is 22.4. The van der Waals surface area contributed by atoms with Crippen LogP contribution in [0.5, 0.6) is 11.5 Å². The van der Waals surface area contributed by atoms with Gasteiger partial charge in [0, 0.05) is 12.0 Å². The second-order valence-corrected chi connectivity index (χ2v) is 10.3. The van der Waals surface area contributed by atoms with Crippen molar-refractivity contribution in [2.75, 3.05) is 6.61 Å². The first-order valence-electron chi connectivity index (χ1n) is 13.6. The highest BCUT2D eigenvalue weighted by Crippen LogP contribution is 2.44. The third-order valence-electron chi connectivity index (χ3n) is 7.24. The average Bonchev–Trinajstić information content (AvgIpc) is 2.80. The number of carbonyl (C=O) groups is 1. The molecule has 0 amide bonds. The highest BCUT2D eigenvalue weighted by atomic mass is 16.5. The third-order valence-corrected chi connectivity index (χ3v) is 7.24. The van der Waals surface area contributed by atoms with Gasteiger partial charge in [0.05, 0.1) is 6.61 Å². The van der Waals surface area contributed by atoms with Crippen molar-refractivity contribution in [2.45, 2.75) is 130 Å². The van der Waals surface area contributed by atoms with Gasteiger partial charge >= 0.3 is 5.97 Å². The van der Waals surface area contributed by atoms with Gasteiger partial charge in [-0.05, 0) is 89.0 Å². The fraction of sp³-hybridized carbons (Fsp3) is 0.700. The first-order valence-corrected chi connectivity index (χ1v) is 13.6. The molecule has 1 aliphatic heterocycles. The molecule has 2 rings (SSSR count). The molecule has 4 nitrogen and oxygen atoms in total. The normalized spacial score (nSPS) is 17.6. The minimum atomic E-state index is -0.699. The maximum atomic E-state index is 10.6. The molecule has 1 aliphatic rings. The third kappa shape index (κ3) is 8.67. The average molecular weight is 473 g/mol. The Bertz CT molecular complexity index is 811. The van der Waals surface area contributed by atoms with Gasteiger partial charge in [0.25, 0.3) is 0 Å². The molecule has 0 saturated heterocycles. The molecule has 0 radical (unpaired) electrons. The summed E-state index contributed by atoms with van der Waals surface area (Å²) >= 11 is 0. The lowest BCUT2D eigenvalue weighted by Crippen LogP contribution is -2.35. The summed E-state index contributed by atoms with van der Waals surface area (Å²) in [5.41, 5.74) is 4.67. The first kappa shape index (κ1) is 28.3. The second kappa shape index (κ2) is 14.4. The Labute approximate surface area is 208 Å². The Morgan fingerprint density at radius 1 is 0.971 bits per heavy atom. The minimum Gasteiger partial charge on any atom is -0.493 e. The molecule has 4 heteroatoms. The van der Waals surface area contributed by atoms with Gasteiger partial charge in [0.1, 0.15) is 17.1 Å². The predicted molar refractivity (Wildman–Crippen MR) is 141 cm³/mol. The highest BCUT2D eigenvalue weighted by Gasteiger charge is 2.32. The maximum Gasteiger partial charge on any atom is 0.303 e. The molecule has 0 aromatic heterocycles. The van der Waals surface area contributed by atoms with E-state index in [1.165, 1.54) is 54.4 Å². The van der Waals surface area contributed by atoms with Gasteiger partial charge in [-0.15, -0.1) is 0 Å². The number of aliphatic carboxylic acids is 1. The quantitative estimate of drug-likeness (QED) is 0.194. The summed E-state index contributed by atoms with van der Waals surface area (Å²) in [6.07, 6.45) is 19.5. The number of unbranched alkanes of at least 4 members (excludes halogenated alkanes) is 9. The van der Waals surface area contributed by atoms with E-state index in [4.69, 9.17) is 14.6 Å². The van der Waals surface area contributed by atoms with Crippen LogP contribution in [-0.2, 0) is 11.2 Å². The molecular formula is C30H48O4. The monoisotopic (exact) mass is 472 g/mol. The molecule has 192 valence electrons. The maximum absolute atomic E-state index is 10.6. The molecule has 1 atom stereocenters. The first-order chi connectivity index (χ1) is 16.3. The highest BCUT2D eigenvalue weighted by molar-refractivity contribution is 5.66. The summed E-state index contributed by atoms with van der Waals surface area (Å²) in [7, 11) is 0. The van der Waals surface area contributed by atoms with Gasteiger partial charge in [-0.2, -0.15) is 0 Å². The van der Waals surface area contributed by atoms with Gasteiger partial charge < -0.3 is 14.6 Å². The van der Waals surface area contributed by atoms with Crippen molar-refractivity contribution in [2.24, 2.45) is 0 Å². The Hall–Kier alpha value is -1.97. The topological polar surface area (TPSA) is 55.8 Å². The molecule has 1 unspecified atom stereocenters. The molecule has 1 aromatic rings. The fourth-order valence-corrected chi connectivity index (χ4v) is 4.87. The SMILES string of the molecule is CCCCCCCC=CC1(C)CCc2c(C)c(OCCCCCCCC(=O)O)c(C)c(C)c2O1. The lowest BCUT2D eigenvalue weighted by atomic mass is 9.86. The number of ether oxygens (including phenoxy) is 2. The zero-order valence-corrected chi connectivity index (χ0v) is 22.4. The summed E-state index contributed by atoms with van der Waals surface area (Å²) in [5.74, 6) is 1.38. The van der Waals surface area contributed by atoms with Crippen LogP contribution in [0.1, 0.15) is 120 Å². The summed E-state index contributed by atoms with van der Waals surface area (Å²) in [4.78, 5) is 10.6. The number of rotatable bonds is 16. The summed E-state index contributed by atoms with van der Waals surface area (Å²) in [6.45, 7) is 11.7. The summed E-state index contributed by atoms with van der Waals surface area (Å²) < 4.78 is 12.9. The van der Waals surface area contributed by atoms with Gasteiger partial charge in [-0.3, -0.25) is 4.79 Å². The van der Waals surface area contributed by atoms with Crippen LogP contribution in [0.3, 0.4) is 0 Å². The van der Waals surface area contributed by atoms with Crippen molar-refractivity contribution in [1.82, 2.24) is 0 Å². The summed E-state index contributed by atoms with van der Waals surface area (Å²) in [5, 5.41) is 8.72. The molecule has 1 heterocycles. The van der Waals surface area contributed by atoms with Crippen LogP contribution in [0.2, 0.25) is 0 Å². The minimum absolute atomic E-state index is 0.233. The van der Waals surface area contributed by atoms with Gasteiger partial charge in [0.2, 0.25) is 0 Å². The molecule has 0 saturated carbocycles. The molecule has 1 aromatic carbocycles. The number of hydrogen-bond acceptors (Lipinski definition) is 3. The van der Waals surface area contributed by atoms with Crippen LogP contribution in [0.25, 0.3) is 0 Å². The van der Waals surface area contributed by atoms with Crippen molar-refractivity contribution >= 4 is 5.97 Å². The molecule has 0 bridgehead atoms. The number of allylic oxidation sites excluding steroid dienone is 1. The van der Waals surface area contributed by atoms with E-state index in [1.807, 2.05) is 0 Å². The number of carboxylic acids is 1. The van der Waals surface area contributed by atoms with Crippen molar-refractivity contribution < 1.29 is 19.4 Å². The van der Waals surface area contributed by atoms with Crippen LogP contribution < -0.4 is 9.47 Å². The smallest absolute Gasteiger partial charge is 0.303 e. The van der Waals surface area contributed by atoms with Crippen LogP contribution in [0, 0.1) is 20.8 Å². The van der Waals surface area contributed by atoms with Gasteiger partial charge in [-0.1, -0.05) is 57.9 Å². The van der Waals surface area contributed by atoms with E-state index in [0.29, 0.717) is 6.61 Å². The van der Waals surface area contributed by atoms with Crippen molar-refractivity contribution in [1.29, 1.82) is 0 Å².